The molecule has 2 N–H and O–H groups in total. The third kappa shape index (κ3) is 3.02. The van der Waals surface area contributed by atoms with Crippen molar-refractivity contribution in [3.05, 3.63) is 22.0 Å². The number of carboxylic acids is 1. The lowest BCUT2D eigenvalue weighted by molar-refractivity contribution is 0.0695. The highest BCUT2D eigenvalue weighted by molar-refractivity contribution is 7.22. The van der Waals surface area contributed by atoms with E-state index >= 15 is 0 Å². The number of aromatic nitrogens is 2. The summed E-state index contributed by atoms with van der Waals surface area (Å²) in [4.78, 5) is 32.5. The van der Waals surface area contributed by atoms with Crippen LogP contribution in [-0.4, -0.2) is 70.0 Å². The maximum Gasteiger partial charge on any atom is 0.341 e. The zero-order chi connectivity index (χ0) is 17.3. The van der Waals surface area contributed by atoms with E-state index in [0.717, 1.165) is 31.3 Å². The van der Waals surface area contributed by atoms with E-state index in [-0.39, 0.29) is 12.2 Å². The monoisotopic (exact) mass is 352 g/mol. The number of aryl methyl sites for hydroxylation is 1. The van der Waals surface area contributed by atoms with Gasteiger partial charge in [0.15, 0.2) is 10.8 Å². The number of carboxylic acid groups (broad SMARTS) is 1. The van der Waals surface area contributed by atoms with Gasteiger partial charge in [0.25, 0.3) is 0 Å². The number of rotatable bonds is 5. The van der Waals surface area contributed by atoms with Gasteiger partial charge in [-0.2, -0.15) is 0 Å². The number of nitrogens with zero attached hydrogens (tertiary/aromatic N) is 4. The molecule has 0 unspecified atom stereocenters. The SMILES string of the molecule is CCn1cc(C(=O)O)c(=O)c2sc(N3CCN(CCO)CC3)nc21. The van der Waals surface area contributed by atoms with Crippen LogP contribution in [0.4, 0.5) is 5.13 Å². The number of piperazine rings is 1. The largest absolute Gasteiger partial charge is 0.477 e. The molecular weight excluding hydrogens is 332 g/mol. The molecule has 1 aliphatic rings. The van der Waals surface area contributed by atoms with Crippen molar-refractivity contribution in [1.29, 1.82) is 0 Å². The van der Waals surface area contributed by atoms with Crippen molar-refractivity contribution in [2.45, 2.75) is 13.5 Å². The molecule has 0 aliphatic carbocycles. The molecule has 0 saturated carbocycles. The number of fused-ring (bicyclic) bond motifs is 1. The van der Waals surface area contributed by atoms with Crippen LogP contribution >= 0.6 is 11.3 Å². The smallest absolute Gasteiger partial charge is 0.341 e. The minimum absolute atomic E-state index is 0.148. The van der Waals surface area contributed by atoms with Gasteiger partial charge in [0.2, 0.25) is 5.43 Å². The zero-order valence-corrected chi connectivity index (χ0v) is 14.3. The molecule has 1 fully saturated rings. The van der Waals surface area contributed by atoms with E-state index < -0.39 is 11.4 Å². The van der Waals surface area contributed by atoms with Gasteiger partial charge in [-0.05, 0) is 6.92 Å². The van der Waals surface area contributed by atoms with Gasteiger partial charge >= 0.3 is 5.97 Å². The fraction of sp³-hybridized carbons (Fsp3) is 0.533. The van der Waals surface area contributed by atoms with E-state index in [0.29, 0.717) is 23.4 Å². The maximum absolute atomic E-state index is 12.4. The normalized spacial score (nSPS) is 16.0. The minimum atomic E-state index is -1.21. The number of pyridine rings is 1. The second-order valence-electron chi connectivity index (χ2n) is 5.66. The summed E-state index contributed by atoms with van der Waals surface area (Å²) < 4.78 is 2.10. The van der Waals surface area contributed by atoms with Crippen LogP contribution in [0.3, 0.4) is 0 Å². The first-order valence-electron chi connectivity index (χ1n) is 7.90. The number of hydrogen-bond donors (Lipinski definition) is 2. The lowest BCUT2D eigenvalue weighted by Crippen LogP contribution is -2.47. The molecule has 130 valence electrons. The third-order valence-electron chi connectivity index (χ3n) is 4.24. The van der Waals surface area contributed by atoms with Crippen molar-refractivity contribution in [2.24, 2.45) is 0 Å². The summed E-state index contributed by atoms with van der Waals surface area (Å²) >= 11 is 1.26. The van der Waals surface area contributed by atoms with Gasteiger partial charge in [0, 0.05) is 45.5 Å². The van der Waals surface area contributed by atoms with E-state index in [1.807, 2.05) is 6.92 Å². The number of β-amino-alcohol motifs (C(OH)–C–C–N with tert-alkyl or cyclic N) is 1. The number of aliphatic hydroxyl groups is 1. The van der Waals surface area contributed by atoms with Crippen molar-refractivity contribution in [1.82, 2.24) is 14.5 Å². The standard InChI is InChI=1S/C15H20N4O4S/c1-2-18-9-10(14(22)23)11(21)12-13(18)16-15(24-12)19-5-3-17(4-6-19)7-8-20/h9,20H,2-8H2,1H3,(H,22,23). The van der Waals surface area contributed by atoms with Crippen LogP contribution in [-0.2, 0) is 6.54 Å². The number of carbonyl (C=O) groups is 1. The van der Waals surface area contributed by atoms with Crippen molar-refractivity contribution in [2.75, 3.05) is 44.2 Å². The quantitative estimate of drug-likeness (QED) is 0.798. The summed E-state index contributed by atoms with van der Waals surface area (Å²) in [6, 6.07) is 0. The first-order valence-corrected chi connectivity index (χ1v) is 8.72. The molecule has 9 heteroatoms. The first-order chi connectivity index (χ1) is 11.5. The number of aromatic carboxylic acids is 1. The zero-order valence-electron chi connectivity index (χ0n) is 13.4. The number of anilines is 1. The third-order valence-corrected chi connectivity index (χ3v) is 5.34. The highest BCUT2D eigenvalue weighted by atomic mass is 32.1. The Morgan fingerprint density at radius 3 is 2.62 bits per heavy atom. The topological polar surface area (TPSA) is 98.9 Å². The lowest BCUT2D eigenvalue weighted by atomic mass is 10.2. The van der Waals surface area contributed by atoms with E-state index in [4.69, 9.17) is 5.11 Å². The van der Waals surface area contributed by atoms with Crippen LogP contribution in [0, 0.1) is 0 Å². The highest BCUT2D eigenvalue weighted by Gasteiger charge is 2.23. The molecule has 3 heterocycles. The molecule has 0 atom stereocenters. The molecule has 1 saturated heterocycles. The van der Waals surface area contributed by atoms with Crippen LogP contribution in [0.5, 0.6) is 0 Å². The highest BCUT2D eigenvalue weighted by Crippen LogP contribution is 2.28. The van der Waals surface area contributed by atoms with Crippen LogP contribution in [0.25, 0.3) is 10.3 Å². The Bertz CT molecular complexity index is 808. The van der Waals surface area contributed by atoms with E-state index in [1.165, 1.54) is 17.5 Å². The molecular formula is C15H20N4O4S. The van der Waals surface area contributed by atoms with Crippen LogP contribution < -0.4 is 10.3 Å². The number of hydrogen-bond acceptors (Lipinski definition) is 7. The van der Waals surface area contributed by atoms with E-state index in [1.54, 1.807) is 4.57 Å². The van der Waals surface area contributed by atoms with Crippen LogP contribution in [0.15, 0.2) is 11.0 Å². The van der Waals surface area contributed by atoms with Gasteiger partial charge in [0.1, 0.15) is 10.3 Å². The first kappa shape index (κ1) is 16.9. The molecule has 1 aliphatic heterocycles. The van der Waals surface area contributed by atoms with Gasteiger partial charge in [-0.25, -0.2) is 9.78 Å². The average Bonchev–Trinajstić information content (AvgIpc) is 3.02. The van der Waals surface area contributed by atoms with Gasteiger partial charge < -0.3 is 19.7 Å². The van der Waals surface area contributed by atoms with Crippen molar-refractivity contribution >= 4 is 32.8 Å². The number of thiazole rings is 1. The van der Waals surface area contributed by atoms with Crippen LogP contribution in [0.2, 0.25) is 0 Å². The molecule has 0 aromatic carbocycles. The Morgan fingerprint density at radius 1 is 1.33 bits per heavy atom. The fourth-order valence-corrected chi connectivity index (χ4v) is 3.96. The Kier molecular flexibility index (Phi) is 4.83. The van der Waals surface area contributed by atoms with Crippen LogP contribution in [0.1, 0.15) is 17.3 Å². The van der Waals surface area contributed by atoms with Gasteiger partial charge in [-0.1, -0.05) is 11.3 Å². The second kappa shape index (κ2) is 6.88. The van der Waals surface area contributed by atoms with Gasteiger partial charge in [-0.15, -0.1) is 0 Å². The Morgan fingerprint density at radius 2 is 2.04 bits per heavy atom. The van der Waals surface area contributed by atoms with E-state index in [9.17, 15) is 14.7 Å². The maximum atomic E-state index is 12.4. The van der Waals surface area contributed by atoms with Crippen molar-refractivity contribution in [3.8, 4) is 0 Å². The Balaban J connectivity index is 1.95. The summed E-state index contributed by atoms with van der Waals surface area (Å²) in [7, 11) is 0. The molecule has 2 aromatic rings. The van der Waals surface area contributed by atoms with Gasteiger partial charge in [0.05, 0.1) is 6.61 Å². The molecule has 2 aromatic heterocycles. The van der Waals surface area contributed by atoms with Crippen molar-refractivity contribution < 1.29 is 15.0 Å². The molecule has 0 bridgehead atoms. The summed E-state index contributed by atoms with van der Waals surface area (Å²) in [6.07, 6.45) is 1.37. The summed E-state index contributed by atoms with van der Waals surface area (Å²) in [5.74, 6) is -1.21. The van der Waals surface area contributed by atoms with Crippen molar-refractivity contribution in [3.63, 3.8) is 0 Å². The summed E-state index contributed by atoms with van der Waals surface area (Å²) in [5, 5.41) is 19.0. The Labute approximate surface area is 142 Å². The van der Waals surface area contributed by atoms with E-state index in [2.05, 4.69) is 14.8 Å². The molecule has 0 amide bonds. The molecule has 0 radical (unpaired) electrons. The predicted octanol–water partition coefficient (Wildman–Crippen LogP) is 0.290. The molecule has 3 rings (SSSR count). The van der Waals surface area contributed by atoms with Gasteiger partial charge in [-0.3, -0.25) is 9.69 Å². The molecule has 24 heavy (non-hydrogen) atoms. The minimum Gasteiger partial charge on any atom is -0.477 e. The predicted molar refractivity (Wildman–Crippen MR) is 92.3 cm³/mol. The number of aliphatic hydroxyl groups excluding tert-OH is 1. The molecule has 0 spiro atoms. The Hall–Kier alpha value is -1.97. The summed E-state index contributed by atoms with van der Waals surface area (Å²) in [6.45, 7) is 6.44. The summed E-state index contributed by atoms with van der Waals surface area (Å²) in [5.41, 5.74) is -0.137. The average molecular weight is 352 g/mol. The second-order valence-corrected chi connectivity index (χ2v) is 6.64. The lowest BCUT2D eigenvalue weighted by Gasteiger charge is -2.34. The molecule has 8 nitrogen and oxygen atoms in total. The fourth-order valence-electron chi connectivity index (χ4n) is 2.87.